The Labute approximate surface area is 86.0 Å². The molecule has 2 heterocycles. The van der Waals surface area contributed by atoms with E-state index in [0.717, 1.165) is 0 Å². The number of carbonyl (C=O) groups excluding carboxylic acids is 1. The topological polar surface area (TPSA) is 67.9 Å². The molecule has 2 unspecified atom stereocenters. The van der Waals surface area contributed by atoms with E-state index < -0.39 is 0 Å². The van der Waals surface area contributed by atoms with E-state index in [-0.39, 0.29) is 17.5 Å². The largest absolute Gasteiger partial charge is 0.453 e. The molecule has 0 fully saturated rings. The van der Waals surface area contributed by atoms with E-state index in [2.05, 4.69) is 9.73 Å². The van der Waals surface area contributed by atoms with E-state index in [9.17, 15) is 4.79 Å². The van der Waals surface area contributed by atoms with Gasteiger partial charge in [0.25, 0.3) is 0 Å². The molecule has 2 aliphatic rings. The molecule has 1 amide bonds. The molecule has 14 heavy (non-hydrogen) atoms. The molecule has 0 aromatic rings. The number of carbonyl (C=O) groups is 1. The third-order valence-electron chi connectivity index (χ3n) is 2.17. The van der Waals surface area contributed by atoms with Gasteiger partial charge in [-0.15, -0.1) is 0 Å². The Bertz CT molecular complexity index is 316. The summed E-state index contributed by atoms with van der Waals surface area (Å²) in [5.74, 6) is 0. The number of amides is 1. The van der Waals surface area contributed by atoms with Crippen molar-refractivity contribution in [2.75, 3.05) is 13.7 Å². The molecule has 0 radical (unpaired) electrons. The summed E-state index contributed by atoms with van der Waals surface area (Å²) in [6, 6.07) is 0. The Morgan fingerprint density at radius 1 is 1.86 bits per heavy atom. The van der Waals surface area contributed by atoms with Gasteiger partial charge in [0.05, 0.1) is 12.4 Å². The summed E-state index contributed by atoms with van der Waals surface area (Å²) >= 11 is 1.47. The van der Waals surface area contributed by atoms with Crippen LogP contribution < -0.4 is 5.73 Å². The minimum atomic E-state index is -0.358. The molecule has 2 N–H and O–H groups in total. The lowest BCUT2D eigenvalue weighted by molar-refractivity contribution is 0.112. The standard InChI is InChI=1S/C8H11N3O2S/c1-13-8(12)11-4-2-3-5-6(11)10-7(9)14-5/h2-3,5-6H,4H2,1H3,(H2,9,10). The number of nitrogens with zero attached hydrogens (tertiary/aromatic N) is 2. The number of nitrogens with two attached hydrogens (primary N) is 1. The second kappa shape index (κ2) is 3.53. The number of fused-ring (bicyclic) bond motifs is 1. The highest BCUT2D eigenvalue weighted by Gasteiger charge is 2.36. The second-order valence-corrected chi connectivity index (χ2v) is 4.21. The molecule has 0 saturated heterocycles. The van der Waals surface area contributed by atoms with E-state index in [1.807, 2.05) is 12.2 Å². The van der Waals surface area contributed by atoms with E-state index in [4.69, 9.17) is 5.73 Å². The predicted molar refractivity (Wildman–Crippen MR) is 55.0 cm³/mol. The first kappa shape index (κ1) is 9.39. The number of amidine groups is 1. The number of hydrogen-bond donors (Lipinski definition) is 1. The van der Waals surface area contributed by atoms with Crippen molar-refractivity contribution in [3.05, 3.63) is 12.2 Å². The zero-order chi connectivity index (χ0) is 10.1. The van der Waals surface area contributed by atoms with Crippen LogP contribution in [0.2, 0.25) is 0 Å². The van der Waals surface area contributed by atoms with Gasteiger partial charge in [-0.05, 0) is 0 Å². The highest BCUT2D eigenvalue weighted by molar-refractivity contribution is 8.14. The van der Waals surface area contributed by atoms with Crippen molar-refractivity contribution in [3.63, 3.8) is 0 Å². The molecule has 5 nitrogen and oxygen atoms in total. The molecular formula is C8H11N3O2S. The van der Waals surface area contributed by atoms with Gasteiger partial charge >= 0.3 is 6.09 Å². The van der Waals surface area contributed by atoms with Crippen LogP contribution in [0.25, 0.3) is 0 Å². The minimum Gasteiger partial charge on any atom is -0.453 e. The molecule has 0 aliphatic carbocycles. The second-order valence-electron chi connectivity index (χ2n) is 3.01. The molecule has 2 aliphatic heterocycles. The van der Waals surface area contributed by atoms with Gasteiger partial charge < -0.3 is 10.5 Å². The number of rotatable bonds is 0. The number of hydrogen-bond acceptors (Lipinski definition) is 5. The Morgan fingerprint density at radius 2 is 2.64 bits per heavy atom. The molecule has 2 rings (SSSR count). The lowest BCUT2D eigenvalue weighted by Gasteiger charge is -2.30. The number of ether oxygens (including phenoxy) is 1. The quantitative estimate of drug-likeness (QED) is 0.591. The molecule has 0 spiro atoms. The lowest BCUT2D eigenvalue weighted by atomic mass is 10.2. The van der Waals surface area contributed by atoms with Crippen LogP contribution in [0.4, 0.5) is 4.79 Å². The van der Waals surface area contributed by atoms with Crippen molar-refractivity contribution in [1.29, 1.82) is 0 Å². The summed E-state index contributed by atoms with van der Waals surface area (Å²) < 4.78 is 4.67. The van der Waals surface area contributed by atoms with Crippen molar-refractivity contribution < 1.29 is 9.53 Å². The SMILES string of the molecule is COC(=O)N1CC=CC2SC(N)=NC21. The zero-order valence-corrected chi connectivity index (χ0v) is 8.53. The fourth-order valence-electron chi connectivity index (χ4n) is 1.54. The molecule has 0 aromatic carbocycles. The average molecular weight is 213 g/mol. The van der Waals surface area contributed by atoms with E-state index in [1.165, 1.54) is 18.9 Å². The molecular weight excluding hydrogens is 202 g/mol. The first-order valence-electron chi connectivity index (χ1n) is 4.23. The Hall–Kier alpha value is -1.17. The van der Waals surface area contributed by atoms with Crippen LogP contribution in [-0.2, 0) is 4.74 Å². The van der Waals surface area contributed by atoms with Crippen LogP contribution in [0.3, 0.4) is 0 Å². The summed E-state index contributed by atoms with van der Waals surface area (Å²) in [7, 11) is 1.37. The fraction of sp³-hybridized carbons (Fsp3) is 0.500. The predicted octanol–water partition coefficient (Wildman–Crippen LogP) is 0.381. The van der Waals surface area contributed by atoms with Crippen molar-refractivity contribution in [1.82, 2.24) is 4.90 Å². The normalized spacial score (nSPS) is 29.8. The summed E-state index contributed by atoms with van der Waals surface area (Å²) in [6.45, 7) is 0.533. The van der Waals surface area contributed by atoms with Gasteiger partial charge in [-0.2, -0.15) is 0 Å². The highest BCUT2D eigenvalue weighted by Crippen LogP contribution is 2.31. The Morgan fingerprint density at radius 3 is 3.36 bits per heavy atom. The minimum absolute atomic E-state index is 0.142. The van der Waals surface area contributed by atoms with Crippen LogP contribution in [0.1, 0.15) is 0 Å². The van der Waals surface area contributed by atoms with Crippen LogP contribution in [0.5, 0.6) is 0 Å². The van der Waals surface area contributed by atoms with Crippen LogP contribution >= 0.6 is 11.8 Å². The Balaban J connectivity index is 2.20. The summed E-state index contributed by atoms with van der Waals surface area (Å²) in [5, 5.41) is 0.670. The van der Waals surface area contributed by atoms with Crippen molar-refractivity contribution in [2.24, 2.45) is 10.7 Å². The van der Waals surface area contributed by atoms with Gasteiger partial charge in [-0.25, -0.2) is 9.79 Å². The van der Waals surface area contributed by atoms with Gasteiger partial charge in [0.15, 0.2) is 5.17 Å². The maximum atomic E-state index is 11.4. The molecule has 0 aromatic heterocycles. The van der Waals surface area contributed by atoms with Crippen molar-refractivity contribution in [3.8, 4) is 0 Å². The maximum Gasteiger partial charge on any atom is 0.411 e. The molecule has 76 valence electrons. The van der Waals surface area contributed by atoms with Gasteiger partial charge in [0, 0.05) is 6.54 Å². The molecule has 2 atom stereocenters. The smallest absolute Gasteiger partial charge is 0.411 e. The van der Waals surface area contributed by atoms with Crippen LogP contribution in [0.15, 0.2) is 17.1 Å². The van der Waals surface area contributed by atoms with Gasteiger partial charge in [-0.3, -0.25) is 4.90 Å². The summed E-state index contributed by atoms with van der Waals surface area (Å²) in [4.78, 5) is 17.1. The monoisotopic (exact) mass is 213 g/mol. The zero-order valence-electron chi connectivity index (χ0n) is 7.71. The van der Waals surface area contributed by atoms with Gasteiger partial charge in [-0.1, -0.05) is 23.9 Å². The summed E-state index contributed by atoms with van der Waals surface area (Å²) in [6.07, 6.45) is 3.40. The number of thioether (sulfide) groups is 1. The van der Waals surface area contributed by atoms with Crippen LogP contribution in [-0.4, -0.2) is 41.2 Å². The van der Waals surface area contributed by atoms with E-state index >= 15 is 0 Å². The van der Waals surface area contributed by atoms with Crippen molar-refractivity contribution in [2.45, 2.75) is 11.4 Å². The Kier molecular flexibility index (Phi) is 2.37. The third-order valence-corrected chi connectivity index (χ3v) is 3.19. The van der Waals surface area contributed by atoms with Gasteiger partial charge in [0.1, 0.15) is 6.17 Å². The van der Waals surface area contributed by atoms with Crippen LogP contribution in [0, 0.1) is 0 Å². The average Bonchev–Trinajstić information content (AvgIpc) is 2.56. The highest BCUT2D eigenvalue weighted by atomic mass is 32.2. The third kappa shape index (κ3) is 1.45. The maximum absolute atomic E-state index is 11.4. The fourth-order valence-corrected chi connectivity index (χ4v) is 2.50. The number of methoxy groups -OCH3 is 1. The van der Waals surface area contributed by atoms with E-state index in [1.54, 1.807) is 4.90 Å². The molecule has 0 bridgehead atoms. The van der Waals surface area contributed by atoms with Gasteiger partial charge in [0.2, 0.25) is 0 Å². The first-order valence-corrected chi connectivity index (χ1v) is 5.11. The summed E-state index contributed by atoms with van der Waals surface area (Å²) in [5.41, 5.74) is 5.60. The first-order chi connectivity index (χ1) is 6.72. The lowest BCUT2D eigenvalue weighted by Crippen LogP contribution is -2.45. The number of aliphatic imine (C=N–C) groups is 1. The van der Waals surface area contributed by atoms with Crippen molar-refractivity contribution >= 4 is 23.0 Å². The molecule has 6 heteroatoms. The van der Waals surface area contributed by atoms with E-state index in [0.29, 0.717) is 11.7 Å². The molecule has 0 saturated carbocycles.